The summed E-state index contributed by atoms with van der Waals surface area (Å²) in [6.45, 7) is 22.0. The number of rotatable bonds is 16. The Bertz CT molecular complexity index is 1190. The van der Waals surface area contributed by atoms with Crippen LogP contribution in [0.1, 0.15) is 197 Å². The molecule has 12 unspecified atom stereocenters. The van der Waals surface area contributed by atoms with E-state index in [4.69, 9.17) is 9.47 Å². The van der Waals surface area contributed by atoms with Gasteiger partial charge in [-0.15, -0.1) is 0 Å². The van der Waals surface area contributed by atoms with E-state index in [2.05, 4.69) is 68.4 Å². The average Bonchev–Trinajstić information content (AvgIpc) is 3.07. The first-order chi connectivity index (χ1) is 24.1. The molecule has 5 aliphatic carbocycles. The largest absolute Gasteiger partial charge is 0.462 e. The lowest BCUT2D eigenvalue weighted by atomic mass is 9.31. The summed E-state index contributed by atoms with van der Waals surface area (Å²) in [7, 11) is 1.84. The van der Waals surface area contributed by atoms with Crippen molar-refractivity contribution in [3.8, 4) is 0 Å². The molecular weight excluding hydrogens is 629 g/mol. The first kappa shape index (κ1) is 41.3. The first-order valence-corrected chi connectivity index (χ1v) is 22.2. The molecule has 12 atom stereocenters. The standard InChI is InChI=1S/C47H82O4/c1-11-12-13-14-15-16-17-18-19-20-21-22-23-24-41(49)51-39-28-29-44(6)36(43(39,4)5)27-30-45(7)37(44)26-25-35-42-34(3)33(2)31-40(50-10)47(42,9)38(48)32-46(35,45)8/h31,34-40,42,48H,11-30,32H2,1-10H3. The highest BCUT2D eigenvalue weighted by Gasteiger charge is 2.72. The van der Waals surface area contributed by atoms with Crippen LogP contribution in [-0.4, -0.2) is 36.5 Å². The van der Waals surface area contributed by atoms with Crippen molar-refractivity contribution in [2.45, 2.75) is 215 Å². The van der Waals surface area contributed by atoms with Crippen LogP contribution in [0.5, 0.6) is 0 Å². The maximum atomic E-state index is 13.2. The van der Waals surface area contributed by atoms with E-state index >= 15 is 0 Å². The molecule has 4 fully saturated rings. The molecule has 0 aromatic carbocycles. The summed E-state index contributed by atoms with van der Waals surface area (Å²) in [4.78, 5) is 13.2. The maximum absolute atomic E-state index is 13.2. The van der Waals surface area contributed by atoms with Crippen molar-refractivity contribution in [1.82, 2.24) is 0 Å². The van der Waals surface area contributed by atoms with Crippen LogP contribution in [0, 0.1) is 56.7 Å². The van der Waals surface area contributed by atoms with Gasteiger partial charge in [-0.3, -0.25) is 4.79 Å². The minimum absolute atomic E-state index is 0.0161. The van der Waals surface area contributed by atoms with Gasteiger partial charge in [0.1, 0.15) is 6.10 Å². The fraction of sp³-hybridized carbons (Fsp3) is 0.936. The van der Waals surface area contributed by atoms with Crippen molar-refractivity contribution in [2.75, 3.05) is 7.11 Å². The van der Waals surface area contributed by atoms with Gasteiger partial charge in [0.05, 0.1) is 12.2 Å². The quantitative estimate of drug-likeness (QED) is 0.0984. The summed E-state index contributed by atoms with van der Waals surface area (Å²) in [6.07, 6.45) is 27.6. The number of allylic oxidation sites excluding steroid dienone is 1. The van der Waals surface area contributed by atoms with Gasteiger partial charge in [0, 0.05) is 24.4 Å². The molecule has 51 heavy (non-hydrogen) atoms. The highest BCUT2D eigenvalue weighted by atomic mass is 16.5. The second-order valence-electron chi connectivity index (χ2n) is 20.5. The monoisotopic (exact) mass is 711 g/mol. The number of aliphatic hydroxyl groups excluding tert-OH is 1. The van der Waals surface area contributed by atoms with Gasteiger partial charge in [0.25, 0.3) is 0 Å². The van der Waals surface area contributed by atoms with Gasteiger partial charge in [-0.1, -0.05) is 144 Å². The van der Waals surface area contributed by atoms with E-state index < -0.39 is 0 Å². The molecule has 1 N–H and O–H groups in total. The molecule has 0 bridgehead atoms. The lowest BCUT2D eigenvalue weighted by molar-refractivity contribution is -0.278. The van der Waals surface area contributed by atoms with Gasteiger partial charge >= 0.3 is 5.97 Å². The van der Waals surface area contributed by atoms with Crippen LogP contribution in [0.25, 0.3) is 0 Å². The lowest BCUT2D eigenvalue weighted by Crippen LogP contribution is -2.70. The van der Waals surface area contributed by atoms with Crippen LogP contribution >= 0.6 is 0 Å². The zero-order chi connectivity index (χ0) is 37.2. The molecule has 294 valence electrons. The average molecular weight is 711 g/mol. The molecule has 0 heterocycles. The second kappa shape index (κ2) is 16.5. The Kier molecular flexibility index (Phi) is 13.3. The van der Waals surface area contributed by atoms with Crippen LogP contribution in [-0.2, 0) is 14.3 Å². The van der Waals surface area contributed by atoms with Crippen LogP contribution in [0.3, 0.4) is 0 Å². The third-order valence-corrected chi connectivity index (χ3v) is 17.7. The molecule has 0 radical (unpaired) electrons. The van der Waals surface area contributed by atoms with Gasteiger partial charge in [-0.25, -0.2) is 0 Å². The fourth-order valence-electron chi connectivity index (χ4n) is 14.3. The summed E-state index contributed by atoms with van der Waals surface area (Å²) in [6, 6.07) is 0. The summed E-state index contributed by atoms with van der Waals surface area (Å²) in [5.41, 5.74) is 1.63. The van der Waals surface area contributed by atoms with Crippen LogP contribution in [0.2, 0.25) is 0 Å². The lowest BCUT2D eigenvalue weighted by Gasteiger charge is -2.74. The molecule has 0 spiro atoms. The number of fused-ring (bicyclic) bond motifs is 7. The number of esters is 1. The van der Waals surface area contributed by atoms with Gasteiger partial charge in [0.15, 0.2) is 0 Å². The molecular formula is C47H82O4. The van der Waals surface area contributed by atoms with Crippen molar-refractivity contribution < 1.29 is 19.4 Å². The molecule has 5 aliphatic rings. The molecule has 4 heteroatoms. The number of ether oxygens (including phenoxy) is 2. The van der Waals surface area contributed by atoms with E-state index in [9.17, 15) is 9.90 Å². The van der Waals surface area contributed by atoms with Crippen molar-refractivity contribution in [2.24, 2.45) is 56.7 Å². The third-order valence-electron chi connectivity index (χ3n) is 17.7. The van der Waals surface area contributed by atoms with E-state index in [0.29, 0.717) is 36.0 Å². The van der Waals surface area contributed by atoms with Gasteiger partial charge < -0.3 is 14.6 Å². The zero-order valence-electron chi connectivity index (χ0n) is 35.2. The molecule has 0 saturated heterocycles. The fourth-order valence-corrected chi connectivity index (χ4v) is 14.3. The van der Waals surface area contributed by atoms with Crippen LogP contribution in [0.4, 0.5) is 0 Å². The van der Waals surface area contributed by atoms with E-state index in [1.165, 1.54) is 102 Å². The molecule has 0 aromatic heterocycles. The number of unbranched alkanes of at least 4 members (excludes halogenated alkanes) is 12. The molecule has 0 amide bonds. The SMILES string of the molecule is CCCCCCCCCCCCCCCC(=O)OC1CCC2(C)C(CCC3(C)C2CCC2C4C(C)C(C)=CC(OC)C4(C)C(O)CC23C)C1(C)C. The summed E-state index contributed by atoms with van der Waals surface area (Å²) >= 11 is 0. The highest BCUT2D eigenvalue weighted by molar-refractivity contribution is 5.69. The van der Waals surface area contributed by atoms with E-state index in [-0.39, 0.29) is 51.4 Å². The Morgan fingerprint density at radius 2 is 1.37 bits per heavy atom. The minimum Gasteiger partial charge on any atom is -0.462 e. The third kappa shape index (κ3) is 7.44. The highest BCUT2D eigenvalue weighted by Crippen LogP contribution is 2.77. The van der Waals surface area contributed by atoms with Gasteiger partial charge in [-0.05, 0) is 104 Å². The van der Waals surface area contributed by atoms with Gasteiger partial charge in [-0.2, -0.15) is 0 Å². The molecule has 0 aromatic rings. The number of carbonyl (C=O) groups is 1. The van der Waals surface area contributed by atoms with Gasteiger partial charge in [0.2, 0.25) is 0 Å². The Morgan fingerprint density at radius 3 is 1.96 bits per heavy atom. The molecule has 4 saturated carbocycles. The first-order valence-electron chi connectivity index (χ1n) is 22.2. The number of aliphatic hydroxyl groups is 1. The number of hydrogen-bond acceptors (Lipinski definition) is 4. The van der Waals surface area contributed by atoms with Crippen molar-refractivity contribution in [3.05, 3.63) is 11.6 Å². The van der Waals surface area contributed by atoms with E-state index in [1.54, 1.807) is 0 Å². The Hall–Kier alpha value is -0.870. The zero-order valence-corrected chi connectivity index (χ0v) is 35.2. The molecule has 0 aliphatic heterocycles. The summed E-state index contributed by atoms with van der Waals surface area (Å²) in [5, 5.41) is 12.2. The second-order valence-corrected chi connectivity index (χ2v) is 20.5. The Balaban J connectivity index is 1.15. The van der Waals surface area contributed by atoms with Crippen molar-refractivity contribution in [1.29, 1.82) is 0 Å². The number of methoxy groups -OCH3 is 1. The summed E-state index contributed by atoms with van der Waals surface area (Å²) < 4.78 is 12.5. The van der Waals surface area contributed by atoms with Crippen LogP contribution in [0.15, 0.2) is 11.6 Å². The smallest absolute Gasteiger partial charge is 0.306 e. The number of carbonyl (C=O) groups excluding carboxylic acids is 1. The topological polar surface area (TPSA) is 55.8 Å². The Labute approximate surface area is 315 Å². The molecule has 4 nitrogen and oxygen atoms in total. The van der Waals surface area contributed by atoms with Crippen LogP contribution < -0.4 is 0 Å². The van der Waals surface area contributed by atoms with E-state index in [0.717, 1.165) is 32.1 Å². The van der Waals surface area contributed by atoms with E-state index in [1.807, 2.05) is 7.11 Å². The molecule has 5 rings (SSSR count). The minimum atomic E-state index is -0.372. The predicted molar refractivity (Wildman–Crippen MR) is 212 cm³/mol. The number of hydrogen-bond donors (Lipinski definition) is 1. The normalized spacial score (nSPS) is 42.9. The maximum Gasteiger partial charge on any atom is 0.306 e. The predicted octanol–water partition coefficient (Wildman–Crippen LogP) is 12.7. The Morgan fingerprint density at radius 1 is 0.784 bits per heavy atom. The van der Waals surface area contributed by atoms with Crippen molar-refractivity contribution in [3.63, 3.8) is 0 Å². The van der Waals surface area contributed by atoms with Crippen molar-refractivity contribution >= 4 is 5.97 Å². The summed E-state index contributed by atoms with van der Waals surface area (Å²) in [5.74, 6) is 2.66.